The van der Waals surface area contributed by atoms with E-state index < -0.39 is 5.97 Å². The predicted octanol–water partition coefficient (Wildman–Crippen LogP) is 1.82. The van der Waals surface area contributed by atoms with Gasteiger partial charge in [-0.3, -0.25) is 4.79 Å². The van der Waals surface area contributed by atoms with Crippen molar-refractivity contribution in [1.29, 1.82) is 0 Å². The first kappa shape index (κ1) is 7.32. The third kappa shape index (κ3) is 1.59. The predicted molar refractivity (Wildman–Crippen MR) is 38.7 cm³/mol. The topological polar surface area (TPSA) is 37.3 Å². The molecule has 0 bridgehead atoms. The average Bonchev–Trinajstić information content (AvgIpc) is 1.88. The Balaban J connectivity index is 2.47. The van der Waals surface area contributed by atoms with Crippen LogP contribution in [0, 0.1) is 5.92 Å². The molecule has 1 saturated carbocycles. The summed E-state index contributed by atoms with van der Waals surface area (Å²) in [6.45, 7) is 3.78. The molecule has 0 aliphatic heterocycles. The summed E-state index contributed by atoms with van der Waals surface area (Å²) in [5.41, 5.74) is 1.10. The number of hydrogen-bond acceptors (Lipinski definition) is 1. The van der Waals surface area contributed by atoms with Gasteiger partial charge >= 0.3 is 5.97 Å². The smallest absolute Gasteiger partial charge is 0.306 e. The monoisotopic (exact) mass is 140 g/mol. The summed E-state index contributed by atoms with van der Waals surface area (Å²) in [5, 5.41) is 8.61. The van der Waals surface area contributed by atoms with Crippen molar-refractivity contribution in [2.75, 3.05) is 0 Å². The molecule has 0 aromatic rings. The Morgan fingerprint density at radius 3 is 2.80 bits per heavy atom. The molecule has 1 N–H and O–H groups in total. The Kier molecular flexibility index (Phi) is 2.10. The van der Waals surface area contributed by atoms with Crippen LogP contribution in [-0.2, 0) is 4.79 Å². The molecule has 0 aromatic heterocycles. The van der Waals surface area contributed by atoms with Gasteiger partial charge in [0.05, 0.1) is 5.92 Å². The van der Waals surface area contributed by atoms with E-state index in [1.54, 1.807) is 0 Å². The third-order valence-electron chi connectivity index (χ3n) is 1.97. The third-order valence-corrected chi connectivity index (χ3v) is 1.97. The highest BCUT2D eigenvalue weighted by Crippen LogP contribution is 2.26. The van der Waals surface area contributed by atoms with E-state index in [-0.39, 0.29) is 5.92 Å². The van der Waals surface area contributed by atoms with Crippen molar-refractivity contribution in [1.82, 2.24) is 0 Å². The highest BCUT2D eigenvalue weighted by molar-refractivity contribution is 5.70. The maximum atomic E-state index is 10.5. The van der Waals surface area contributed by atoms with E-state index in [2.05, 4.69) is 6.58 Å². The number of hydrogen-bond donors (Lipinski definition) is 1. The number of carbonyl (C=O) groups is 1. The molecule has 0 aromatic carbocycles. The first-order valence-electron chi connectivity index (χ1n) is 3.59. The lowest BCUT2D eigenvalue weighted by atomic mass is 9.86. The fraction of sp³-hybridized carbons (Fsp3) is 0.625. The van der Waals surface area contributed by atoms with Crippen molar-refractivity contribution in [3.05, 3.63) is 12.2 Å². The molecule has 56 valence electrons. The van der Waals surface area contributed by atoms with E-state index in [1.807, 2.05) is 0 Å². The SMILES string of the molecule is C=C1CCCC(C(=O)O)C1. The van der Waals surface area contributed by atoms with Crippen LogP contribution >= 0.6 is 0 Å². The lowest BCUT2D eigenvalue weighted by Gasteiger charge is -2.19. The highest BCUT2D eigenvalue weighted by Gasteiger charge is 2.21. The summed E-state index contributed by atoms with van der Waals surface area (Å²) in [4.78, 5) is 10.5. The normalized spacial score (nSPS) is 26.4. The van der Waals surface area contributed by atoms with Crippen molar-refractivity contribution < 1.29 is 9.90 Å². The van der Waals surface area contributed by atoms with Gasteiger partial charge in [-0.2, -0.15) is 0 Å². The first-order chi connectivity index (χ1) is 4.70. The minimum Gasteiger partial charge on any atom is -0.481 e. The summed E-state index contributed by atoms with van der Waals surface area (Å²) >= 11 is 0. The first-order valence-corrected chi connectivity index (χ1v) is 3.59. The number of carboxylic acids is 1. The number of aliphatic carboxylic acids is 1. The zero-order chi connectivity index (χ0) is 7.56. The molecule has 10 heavy (non-hydrogen) atoms. The molecule has 1 aliphatic rings. The minimum atomic E-state index is -0.666. The fourth-order valence-electron chi connectivity index (χ4n) is 1.36. The van der Waals surface area contributed by atoms with Gasteiger partial charge in [0, 0.05) is 0 Å². The molecule has 0 saturated heterocycles. The molecule has 1 unspecified atom stereocenters. The van der Waals surface area contributed by atoms with Crippen molar-refractivity contribution in [2.45, 2.75) is 25.7 Å². The standard InChI is InChI=1S/C8H12O2/c1-6-3-2-4-7(5-6)8(9)10/h7H,1-5H2,(H,9,10). The summed E-state index contributed by atoms with van der Waals surface area (Å²) in [7, 11) is 0. The molecule has 0 spiro atoms. The van der Waals surface area contributed by atoms with Crippen molar-refractivity contribution in [3.63, 3.8) is 0 Å². The minimum absolute atomic E-state index is 0.152. The van der Waals surface area contributed by atoms with Crippen LogP contribution < -0.4 is 0 Å². The van der Waals surface area contributed by atoms with Crippen LogP contribution in [-0.4, -0.2) is 11.1 Å². The van der Waals surface area contributed by atoms with Gasteiger partial charge in [0.2, 0.25) is 0 Å². The maximum absolute atomic E-state index is 10.5. The van der Waals surface area contributed by atoms with Crippen LogP contribution in [0.25, 0.3) is 0 Å². The zero-order valence-corrected chi connectivity index (χ0v) is 5.97. The molecule has 0 amide bonds. The summed E-state index contributed by atoms with van der Waals surface area (Å²) in [5.74, 6) is -0.818. The van der Waals surface area contributed by atoms with Crippen LogP contribution in [0.1, 0.15) is 25.7 Å². The molecule has 0 radical (unpaired) electrons. The van der Waals surface area contributed by atoms with Gasteiger partial charge in [0.15, 0.2) is 0 Å². The van der Waals surface area contributed by atoms with Gasteiger partial charge in [-0.1, -0.05) is 12.2 Å². The zero-order valence-electron chi connectivity index (χ0n) is 5.97. The Morgan fingerprint density at radius 2 is 2.40 bits per heavy atom. The van der Waals surface area contributed by atoms with Gasteiger partial charge in [0.1, 0.15) is 0 Å². The lowest BCUT2D eigenvalue weighted by Crippen LogP contribution is -2.17. The second-order valence-corrected chi connectivity index (χ2v) is 2.88. The lowest BCUT2D eigenvalue weighted by molar-refractivity contribution is -0.142. The van der Waals surface area contributed by atoms with Crippen LogP contribution in [0.5, 0.6) is 0 Å². The van der Waals surface area contributed by atoms with Crippen LogP contribution in [0.15, 0.2) is 12.2 Å². The Labute approximate surface area is 60.6 Å². The molecule has 1 aliphatic carbocycles. The second kappa shape index (κ2) is 2.86. The van der Waals surface area contributed by atoms with Crippen molar-refractivity contribution >= 4 is 5.97 Å². The van der Waals surface area contributed by atoms with E-state index in [0.717, 1.165) is 24.8 Å². The fourth-order valence-corrected chi connectivity index (χ4v) is 1.36. The van der Waals surface area contributed by atoms with E-state index in [1.165, 1.54) is 0 Å². The van der Waals surface area contributed by atoms with E-state index in [4.69, 9.17) is 5.11 Å². The van der Waals surface area contributed by atoms with Gasteiger partial charge in [-0.15, -0.1) is 0 Å². The molecule has 2 nitrogen and oxygen atoms in total. The van der Waals surface area contributed by atoms with Gasteiger partial charge in [0.25, 0.3) is 0 Å². The van der Waals surface area contributed by atoms with E-state index >= 15 is 0 Å². The summed E-state index contributed by atoms with van der Waals surface area (Å²) < 4.78 is 0. The van der Waals surface area contributed by atoms with Crippen molar-refractivity contribution in [3.8, 4) is 0 Å². The number of carboxylic acid groups (broad SMARTS) is 1. The molecule has 1 fully saturated rings. The highest BCUT2D eigenvalue weighted by atomic mass is 16.4. The van der Waals surface area contributed by atoms with Crippen molar-refractivity contribution in [2.24, 2.45) is 5.92 Å². The van der Waals surface area contributed by atoms with Crippen LogP contribution in [0.4, 0.5) is 0 Å². The summed E-state index contributed by atoms with van der Waals surface area (Å²) in [6.07, 6.45) is 3.53. The Hall–Kier alpha value is -0.790. The van der Waals surface area contributed by atoms with Gasteiger partial charge < -0.3 is 5.11 Å². The van der Waals surface area contributed by atoms with Gasteiger partial charge in [-0.05, 0) is 25.7 Å². The quantitative estimate of drug-likeness (QED) is 0.564. The Bertz CT molecular complexity index is 159. The van der Waals surface area contributed by atoms with Gasteiger partial charge in [-0.25, -0.2) is 0 Å². The second-order valence-electron chi connectivity index (χ2n) is 2.88. The van der Waals surface area contributed by atoms with E-state index in [9.17, 15) is 4.79 Å². The molecular formula is C8H12O2. The van der Waals surface area contributed by atoms with Crippen LogP contribution in [0.3, 0.4) is 0 Å². The molecular weight excluding hydrogens is 128 g/mol. The molecule has 0 heterocycles. The molecule has 1 atom stereocenters. The number of allylic oxidation sites excluding steroid dienone is 1. The summed E-state index contributed by atoms with van der Waals surface area (Å²) in [6, 6.07) is 0. The molecule has 2 heteroatoms. The average molecular weight is 140 g/mol. The largest absolute Gasteiger partial charge is 0.481 e. The molecule has 1 rings (SSSR count). The van der Waals surface area contributed by atoms with E-state index in [0.29, 0.717) is 6.42 Å². The Morgan fingerprint density at radius 1 is 1.70 bits per heavy atom. The van der Waals surface area contributed by atoms with Crippen LogP contribution in [0.2, 0.25) is 0 Å². The number of rotatable bonds is 1. The maximum Gasteiger partial charge on any atom is 0.306 e.